The number of aliphatic hydroxyl groups is 1. The number of carbonyl (C=O) groups excluding carboxylic acids is 2. The summed E-state index contributed by atoms with van der Waals surface area (Å²) < 4.78 is 5.44. The van der Waals surface area contributed by atoms with E-state index in [1.807, 2.05) is 6.92 Å². The fourth-order valence-corrected chi connectivity index (χ4v) is 3.78. The summed E-state index contributed by atoms with van der Waals surface area (Å²) in [4.78, 5) is 39.3. The average Bonchev–Trinajstić information content (AvgIpc) is 2.81. The summed E-state index contributed by atoms with van der Waals surface area (Å²) in [7, 11) is 0. The number of aliphatic carboxylic acids is 1. The van der Waals surface area contributed by atoms with Gasteiger partial charge in [-0.25, -0.2) is 9.59 Å². The van der Waals surface area contributed by atoms with E-state index in [-0.39, 0.29) is 6.04 Å². The number of carboxylic acids is 1. The second kappa shape index (κ2) is 5.91. The standard InChI is InChI=1S/C16H26N2O6/c1-9-6-7-16(18(9)14(23)24-15(3,4)5)10(2)17(13(16)22)11(8-19)12(20)21/h9-11,19H,6-8H2,1-5H3,(H,20,21). The molecule has 0 radical (unpaired) electrons. The SMILES string of the molecule is CC1CCC2(C(=O)N(C(CO)C(=O)O)C2C)N1C(=O)OC(C)(C)C. The number of ether oxygens (including phenoxy) is 1. The Hall–Kier alpha value is -1.83. The summed E-state index contributed by atoms with van der Waals surface area (Å²) in [5, 5.41) is 18.5. The Labute approximate surface area is 141 Å². The first-order valence-electron chi connectivity index (χ1n) is 8.16. The Morgan fingerprint density at radius 3 is 2.38 bits per heavy atom. The van der Waals surface area contributed by atoms with E-state index >= 15 is 0 Å². The zero-order chi connectivity index (χ0) is 18.4. The third kappa shape index (κ3) is 2.62. The molecule has 8 nitrogen and oxygen atoms in total. The third-order valence-corrected chi connectivity index (χ3v) is 4.91. The zero-order valence-corrected chi connectivity index (χ0v) is 14.8. The minimum Gasteiger partial charge on any atom is -0.480 e. The molecule has 2 aliphatic heterocycles. The van der Waals surface area contributed by atoms with Crippen LogP contribution in [0.15, 0.2) is 0 Å². The number of nitrogens with zero attached hydrogens (tertiary/aromatic N) is 2. The Morgan fingerprint density at radius 1 is 1.38 bits per heavy atom. The Bertz CT molecular complexity index is 557. The molecule has 0 aromatic rings. The van der Waals surface area contributed by atoms with E-state index in [2.05, 4.69) is 0 Å². The Morgan fingerprint density at radius 2 is 1.96 bits per heavy atom. The highest BCUT2D eigenvalue weighted by Crippen LogP contribution is 2.48. The molecule has 0 saturated carbocycles. The summed E-state index contributed by atoms with van der Waals surface area (Å²) in [6, 6.07) is -1.98. The van der Waals surface area contributed by atoms with Gasteiger partial charge in [-0.2, -0.15) is 0 Å². The molecule has 0 aromatic carbocycles. The fourth-order valence-electron chi connectivity index (χ4n) is 3.78. The monoisotopic (exact) mass is 342 g/mol. The molecule has 2 aliphatic rings. The summed E-state index contributed by atoms with van der Waals surface area (Å²) in [6.45, 7) is 8.16. The number of hydrogen-bond donors (Lipinski definition) is 2. The maximum absolute atomic E-state index is 12.8. The van der Waals surface area contributed by atoms with Gasteiger partial charge in [-0.1, -0.05) is 0 Å². The third-order valence-electron chi connectivity index (χ3n) is 4.91. The highest BCUT2D eigenvalue weighted by atomic mass is 16.6. The molecule has 0 aliphatic carbocycles. The number of β-lactam (4-membered cyclic amide) rings is 1. The van der Waals surface area contributed by atoms with E-state index in [1.54, 1.807) is 27.7 Å². The highest BCUT2D eigenvalue weighted by Gasteiger charge is 2.68. The van der Waals surface area contributed by atoms with E-state index in [9.17, 15) is 24.6 Å². The Kier molecular flexibility index (Phi) is 4.56. The molecular weight excluding hydrogens is 316 g/mol. The lowest BCUT2D eigenvalue weighted by Gasteiger charge is -2.58. The van der Waals surface area contributed by atoms with Crippen molar-refractivity contribution in [3.8, 4) is 0 Å². The molecule has 0 bridgehead atoms. The molecule has 2 heterocycles. The first-order chi connectivity index (χ1) is 11.0. The first-order valence-corrected chi connectivity index (χ1v) is 8.16. The van der Waals surface area contributed by atoms with Gasteiger partial charge in [0.15, 0.2) is 6.04 Å². The second-order valence-electron chi connectivity index (χ2n) is 7.59. The second-order valence-corrected chi connectivity index (χ2v) is 7.59. The van der Waals surface area contributed by atoms with Crippen molar-refractivity contribution in [1.29, 1.82) is 0 Å². The van der Waals surface area contributed by atoms with Crippen LogP contribution in [0, 0.1) is 0 Å². The van der Waals surface area contributed by atoms with E-state index in [4.69, 9.17) is 4.74 Å². The maximum atomic E-state index is 12.8. The molecule has 2 rings (SSSR count). The molecule has 1 spiro atoms. The van der Waals surface area contributed by atoms with Gasteiger partial charge in [0, 0.05) is 6.04 Å². The van der Waals surface area contributed by atoms with Gasteiger partial charge in [-0.15, -0.1) is 0 Å². The summed E-state index contributed by atoms with van der Waals surface area (Å²) in [6.07, 6.45) is 0.532. The lowest BCUT2D eigenvalue weighted by Crippen LogP contribution is -2.81. The van der Waals surface area contributed by atoms with Crippen LogP contribution >= 0.6 is 0 Å². The van der Waals surface area contributed by atoms with Crippen LogP contribution in [0.25, 0.3) is 0 Å². The fraction of sp³-hybridized carbons (Fsp3) is 0.812. The number of likely N-dealkylation sites (tertiary alicyclic amines) is 2. The molecule has 2 amide bonds. The van der Waals surface area contributed by atoms with Gasteiger partial charge in [-0.3, -0.25) is 9.69 Å². The maximum Gasteiger partial charge on any atom is 0.411 e. The van der Waals surface area contributed by atoms with Gasteiger partial charge in [-0.05, 0) is 47.5 Å². The molecule has 2 saturated heterocycles. The average molecular weight is 342 g/mol. The van der Waals surface area contributed by atoms with E-state index < -0.39 is 47.8 Å². The van der Waals surface area contributed by atoms with Crippen LogP contribution in [-0.2, 0) is 14.3 Å². The molecule has 4 unspecified atom stereocenters. The van der Waals surface area contributed by atoms with Crippen LogP contribution in [0.3, 0.4) is 0 Å². The molecule has 4 atom stereocenters. The number of aliphatic hydroxyl groups excluding tert-OH is 1. The highest BCUT2D eigenvalue weighted by molar-refractivity contribution is 6.00. The molecule has 2 N–H and O–H groups in total. The van der Waals surface area contributed by atoms with Crippen molar-refractivity contribution >= 4 is 18.0 Å². The van der Waals surface area contributed by atoms with Crippen LogP contribution in [0.2, 0.25) is 0 Å². The van der Waals surface area contributed by atoms with Crippen LogP contribution < -0.4 is 0 Å². The molecule has 2 fully saturated rings. The minimum absolute atomic E-state index is 0.175. The number of carbonyl (C=O) groups is 3. The predicted molar refractivity (Wildman–Crippen MR) is 84.3 cm³/mol. The quantitative estimate of drug-likeness (QED) is 0.735. The Balaban J connectivity index is 2.30. The number of hydrogen-bond acceptors (Lipinski definition) is 5. The minimum atomic E-state index is -1.30. The number of rotatable bonds is 3. The van der Waals surface area contributed by atoms with Crippen molar-refractivity contribution in [2.24, 2.45) is 0 Å². The molecular formula is C16H26N2O6. The van der Waals surface area contributed by atoms with Crippen LogP contribution in [-0.4, -0.2) is 73.9 Å². The van der Waals surface area contributed by atoms with Gasteiger partial charge in [0.1, 0.15) is 11.1 Å². The lowest BCUT2D eigenvalue weighted by molar-refractivity contribution is -0.185. The predicted octanol–water partition coefficient (Wildman–Crippen LogP) is 0.821. The molecule has 24 heavy (non-hydrogen) atoms. The van der Waals surface area contributed by atoms with E-state index in [1.165, 1.54) is 4.90 Å². The van der Waals surface area contributed by atoms with Crippen LogP contribution in [0.5, 0.6) is 0 Å². The van der Waals surface area contributed by atoms with E-state index in [0.29, 0.717) is 12.8 Å². The van der Waals surface area contributed by atoms with Crippen molar-refractivity contribution in [2.75, 3.05) is 6.61 Å². The van der Waals surface area contributed by atoms with Gasteiger partial charge in [0.05, 0.1) is 12.6 Å². The molecule has 8 heteroatoms. The topological polar surface area (TPSA) is 107 Å². The van der Waals surface area contributed by atoms with Crippen molar-refractivity contribution in [2.45, 2.75) is 76.7 Å². The van der Waals surface area contributed by atoms with Gasteiger partial charge in [0.2, 0.25) is 0 Å². The smallest absolute Gasteiger partial charge is 0.411 e. The summed E-state index contributed by atoms with van der Waals surface area (Å²) >= 11 is 0. The zero-order valence-electron chi connectivity index (χ0n) is 14.8. The normalized spacial score (nSPS) is 31.2. The van der Waals surface area contributed by atoms with Gasteiger partial charge in [0.25, 0.3) is 5.91 Å². The van der Waals surface area contributed by atoms with Crippen molar-refractivity contribution in [1.82, 2.24) is 9.80 Å². The van der Waals surface area contributed by atoms with Crippen molar-refractivity contribution in [3.63, 3.8) is 0 Å². The van der Waals surface area contributed by atoms with Crippen LogP contribution in [0.1, 0.15) is 47.5 Å². The van der Waals surface area contributed by atoms with Crippen LogP contribution in [0.4, 0.5) is 4.79 Å². The van der Waals surface area contributed by atoms with Crippen molar-refractivity contribution in [3.05, 3.63) is 0 Å². The molecule has 136 valence electrons. The lowest BCUT2D eigenvalue weighted by atomic mass is 9.76. The largest absolute Gasteiger partial charge is 0.480 e. The van der Waals surface area contributed by atoms with Gasteiger partial charge < -0.3 is 19.8 Å². The summed E-state index contributed by atoms with van der Waals surface area (Å²) in [5.41, 5.74) is -1.77. The summed E-state index contributed by atoms with van der Waals surface area (Å²) in [5.74, 6) is -1.70. The van der Waals surface area contributed by atoms with Gasteiger partial charge >= 0.3 is 12.1 Å². The van der Waals surface area contributed by atoms with E-state index in [0.717, 1.165) is 4.90 Å². The van der Waals surface area contributed by atoms with Crippen molar-refractivity contribution < 1.29 is 29.3 Å². The first kappa shape index (κ1) is 18.5. The number of amides is 2. The number of carboxylic acid groups (broad SMARTS) is 1. The molecule has 0 aromatic heterocycles.